The highest BCUT2D eigenvalue weighted by Crippen LogP contribution is 2.26. The summed E-state index contributed by atoms with van der Waals surface area (Å²) in [7, 11) is 0. The van der Waals surface area contributed by atoms with E-state index in [9.17, 15) is 23.9 Å². The smallest absolute Gasteiger partial charge is 0.274 e. The molecule has 0 saturated carbocycles. The van der Waals surface area contributed by atoms with Crippen LogP contribution in [-0.4, -0.2) is 32.8 Å². The number of amides is 1. The van der Waals surface area contributed by atoms with Crippen molar-refractivity contribution in [2.75, 3.05) is 6.54 Å². The van der Waals surface area contributed by atoms with Crippen LogP contribution in [0.2, 0.25) is 5.02 Å². The van der Waals surface area contributed by atoms with Crippen molar-refractivity contribution in [3.63, 3.8) is 0 Å². The Balaban J connectivity index is 0.00000300. The minimum Gasteiger partial charge on any atom is -0.503 e. The molecular weight excluding hydrogens is 422 g/mol. The molecule has 0 fully saturated rings. The molecule has 1 aromatic carbocycles. The highest BCUT2D eigenvalue weighted by molar-refractivity contribution is 6.30. The molecule has 156 valence electrons. The Labute approximate surface area is 178 Å². The van der Waals surface area contributed by atoms with Crippen LogP contribution in [0.5, 0.6) is 5.75 Å². The Hall–Kier alpha value is -2.38. The van der Waals surface area contributed by atoms with Gasteiger partial charge in [0.25, 0.3) is 5.91 Å². The van der Waals surface area contributed by atoms with Crippen LogP contribution in [0.4, 0.5) is 4.39 Å². The first kappa shape index (κ1) is 22.9. The molecule has 0 saturated heterocycles. The molecule has 1 N–H and O–H groups in total. The van der Waals surface area contributed by atoms with Gasteiger partial charge in [0.1, 0.15) is 5.82 Å². The average molecular weight is 443 g/mol. The van der Waals surface area contributed by atoms with Gasteiger partial charge in [0.05, 0.1) is 10.6 Å². The van der Waals surface area contributed by atoms with Crippen molar-refractivity contribution >= 4 is 35.7 Å². The fourth-order valence-corrected chi connectivity index (χ4v) is 3.32. The summed E-state index contributed by atoms with van der Waals surface area (Å²) in [6.07, 6.45) is 1.32. The minimum absolute atomic E-state index is 0. The Kier molecular flexibility index (Phi) is 6.45. The normalized spacial score (nSPS) is 13.7. The summed E-state index contributed by atoms with van der Waals surface area (Å²) in [5.41, 5.74) is -1.82. The van der Waals surface area contributed by atoms with Gasteiger partial charge in [-0.2, -0.15) is 0 Å². The molecule has 0 radical (unpaired) electrons. The van der Waals surface area contributed by atoms with E-state index in [-0.39, 0.29) is 53.9 Å². The summed E-state index contributed by atoms with van der Waals surface area (Å²) in [6.45, 7) is 5.43. The molecule has 2 heterocycles. The summed E-state index contributed by atoms with van der Waals surface area (Å²) in [4.78, 5) is 39.2. The van der Waals surface area contributed by atoms with E-state index in [1.165, 1.54) is 27.8 Å². The van der Waals surface area contributed by atoms with E-state index in [0.717, 1.165) is 0 Å². The largest absolute Gasteiger partial charge is 0.503 e. The van der Waals surface area contributed by atoms with Gasteiger partial charge in [-0.1, -0.05) is 44.5 Å². The minimum atomic E-state index is -0.879. The van der Waals surface area contributed by atoms with Gasteiger partial charge < -0.3 is 14.6 Å². The van der Waals surface area contributed by atoms with Gasteiger partial charge in [-0.25, -0.2) is 4.39 Å². The van der Waals surface area contributed by atoms with Crippen LogP contribution in [0, 0.1) is 11.2 Å². The van der Waals surface area contributed by atoms with Crippen molar-refractivity contribution in [1.29, 1.82) is 0 Å². The number of hydrogen-bond acceptors (Lipinski definition) is 4. The summed E-state index contributed by atoms with van der Waals surface area (Å²) < 4.78 is 15.6. The zero-order chi connectivity index (χ0) is 20.8. The number of carbonyl (C=O) groups excluding carboxylic acids is 2. The maximum atomic E-state index is 14.2. The van der Waals surface area contributed by atoms with E-state index in [1.54, 1.807) is 26.8 Å². The first-order valence-corrected chi connectivity index (χ1v) is 9.13. The number of halogens is 3. The first-order valence-electron chi connectivity index (χ1n) is 8.75. The van der Waals surface area contributed by atoms with Gasteiger partial charge in [0, 0.05) is 36.8 Å². The van der Waals surface area contributed by atoms with E-state index in [0.29, 0.717) is 0 Å². The average Bonchev–Trinajstić information content (AvgIpc) is 2.62. The second-order valence-corrected chi connectivity index (χ2v) is 8.19. The second kappa shape index (κ2) is 8.16. The Morgan fingerprint density at radius 1 is 1.24 bits per heavy atom. The molecule has 3 rings (SSSR count). The molecule has 2 aromatic rings. The number of benzene rings is 1. The molecule has 0 atom stereocenters. The van der Waals surface area contributed by atoms with Crippen molar-refractivity contribution in [3.05, 3.63) is 62.3 Å². The third-order valence-corrected chi connectivity index (χ3v) is 4.97. The maximum absolute atomic E-state index is 14.2. The van der Waals surface area contributed by atoms with E-state index < -0.39 is 34.1 Å². The summed E-state index contributed by atoms with van der Waals surface area (Å²) in [5, 5.41) is 10.3. The van der Waals surface area contributed by atoms with Crippen LogP contribution in [0.25, 0.3) is 0 Å². The predicted octanol–water partition coefficient (Wildman–Crippen LogP) is 3.65. The van der Waals surface area contributed by atoms with Crippen molar-refractivity contribution in [2.45, 2.75) is 33.9 Å². The molecule has 0 bridgehead atoms. The number of rotatable bonds is 3. The molecule has 0 spiro atoms. The van der Waals surface area contributed by atoms with Gasteiger partial charge in [0.2, 0.25) is 5.43 Å². The number of carbonyl (C=O) groups is 2. The van der Waals surface area contributed by atoms with Gasteiger partial charge in [0.15, 0.2) is 17.2 Å². The van der Waals surface area contributed by atoms with E-state index in [4.69, 9.17) is 11.6 Å². The molecule has 9 heteroatoms. The number of nitrogens with zero attached hydrogens (tertiary/aromatic N) is 2. The quantitative estimate of drug-likeness (QED) is 0.735. The van der Waals surface area contributed by atoms with Crippen molar-refractivity contribution in [2.24, 2.45) is 5.41 Å². The van der Waals surface area contributed by atoms with Crippen LogP contribution >= 0.6 is 24.0 Å². The standard InChI is InChI=1S/C20H20ClFN2O4.ClH/c1-20(2,3)18(27)12-10-23-7-8-24(19(28)15(23)17(26)16(12)25)9-11-5-4-6-13(21)14(11)22;/h4-6,10,26H,7-9H2,1-3H3;1H. The number of ketones is 1. The van der Waals surface area contributed by atoms with E-state index in [1.807, 2.05) is 0 Å². The first-order chi connectivity index (χ1) is 13.0. The van der Waals surface area contributed by atoms with Gasteiger partial charge >= 0.3 is 0 Å². The number of Topliss-reactive ketones (excluding diaryl/α,β-unsaturated/α-hetero) is 1. The van der Waals surface area contributed by atoms with Crippen LogP contribution in [0.3, 0.4) is 0 Å². The summed E-state index contributed by atoms with van der Waals surface area (Å²) in [6, 6.07) is 4.50. The zero-order valence-corrected chi connectivity index (χ0v) is 17.7. The molecule has 6 nitrogen and oxygen atoms in total. The third kappa shape index (κ3) is 4.16. The lowest BCUT2D eigenvalue weighted by atomic mass is 9.86. The maximum Gasteiger partial charge on any atom is 0.274 e. The number of aromatic hydroxyl groups is 1. The van der Waals surface area contributed by atoms with Crippen molar-refractivity contribution in [3.8, 4) is 5.75 Å². The van der Waals surface area contributed by atoms with Crippen molar-refractivity contribution in [1.82, 2.24) is 9.47 Å². The molecule has 1 amide bonds. The molecule has 29 heavy (non-hydrogen) atoms. The molecule has 0 aliphatic carbocycles. The Bertz CT molecular complexity index is 1040. The molecule has 1 aromatic heterocycles. The molecular formula is C20H21Cl2FN2O4. The van der Waals surface area contributed by atoms with E-state index in [2.05, 4.69) is 0 Å². The number of pyridine rings is 1. The highest BCUT2D eigenvalue weighted by atomic mass is 35.5. The SMILES string of the molecule is CC(C)(C)C(=O)c1cn2c(c(O)c1=O)C(=O)N(Cc1cccc(Cl)c1F)CC2.Cl. The Morgan fingerprint density at radius 2 is 1.90 bits per heavy atom. The molecule has 1 aliphatic rings. The fourth-order valence-electron chi connectivity index (χ4n) is 3.12. The van der Waals surface area contributed by atoms with Crippen LogP contribution in [0.15, 0.2) is 29.2 Å². The van der Waals surface area contributed by atoms with Gasteiger partial charge in [-0.05, 0) is 6.07 Å². The van der Waals surface area contributed by atoms with E-state index >= 15 is 0 Å². The summed E-state index contributed by atoms with van der Waals surface area (Å²) in [5.74, 6) is -2.42. The van der Waals surface area contributed by atoms with Crippen LogP contribution in [0.1, 0.15) is 47.2 Å². The molecule has 1 aliphatic heterocycles. The third-order valence-electron chi connectivity index (χ3n) is 4.68. The van der Waals surface area contributed by atoms with Crippen LogP contribution < -0.4 is 5.43 Å². The fraction of sp³-hybridized carbons (Fsp3) is 0.350. The number of hydrogen-bond donors (Lipinski definition) is 1. The van der Waals surface area contributed by atoms with Gasteiger partial charge in [-0.15, -0.1) is 12.4 Å². The monoisotopic (exact) mass is 442 g/mol. The Morgan fingerprint density at radius 3 is 2.52 bits per heavy atom. The topological polar surface area (TPSA) is 79.6 Å². The van der Waals surface area contributed by atoms with Gasteiger partial charge in [-0.3, -0.25) is 14.4 Å². The zero-order valence-electron chi connectivity index (χ0n) is 16.2. The number of fused-ring (bicyclic) bond motifs is 1. The molecule has 0 unspecified atom stereocenters. The lowest BCUT2D eigenvalue weighted by molar-refractivity contribution is 0.0679. The lowest BCUT2D eigenvalue weighted by Gasteiger charge is -2.31. The lowest BCUT2D eigenvalue weighted by Crippen LogP contribution is -2.42. The predicted molar refractivity (Wildman–Crippen MR) is 110 cm³/mol. The van der Waals surface area contributed by atoms with Crippen molar-refractivity contribution < 1.29 is 19.1 Å². The second-order valence-electron chi connectivity index (χ2n) is 7.78. The summed E-state index contributed by atoms with van der Waals surface area (Å²) >= 11 is 5.78. The van der Waals surface area contributed by atoms with Crippen LogP contribution in [-0.2, 0) is 13.1 Å². The number of aromatic nitrogens is 1. The highest BCUT2D eigenvalue weighted by Gasteiger charge is 2.33.